The molecule has 0 aliphatic heterocycles. The summed E-state index contributed by atoms with van der Waals surface area (Å²) < 4.78 is 0. The van der Waals surface area contributed by atoms with Gasteiger partial charge in [0.15, 0.2) is 0 Å². The molecule has 0 amide bonds. The highest BCUT2D eigenvalue weighted by Crippen LogP contribution is 2.24. The normalized spacial score (nSPS) is 12.7. The van der Waals surface area contributed by atoms with Gasteiger partial charge in [-0.25, -0.2) is 0 Å². The van der Waals surface area contributed by atoms with E-state index in [-0.39, 0.29) is 0 Å². The Morgan fingerprint density at radius 2 is 1.48 bits per heavy atom. The SMILES string of the molecule is CC(c1ccc2ccccc2c1)N(C)Cc1ccccc1. The molecule has 1 atom stereocenters. The second-order valence-electron chi connectivity index (χ2n) is 5.68. The van der Waals surface area contributed by atoms with E-state index < -0.39 is 0 Å². The van der Waals surface area contributed by atoms with Crippen molar-refractivity contribution < 1.29 is 0 Å². The maximum absolute atomic E-state index is 2.39. The number of fused-ring (bicyclic) bond motifs is 1. The van der Waals surface area contributed by atoms with Gasteiger partial charge in [-0.05, 0) is 41.9 Å². The van der Waals surface area contributed by atoms with E-state index in [9.17, 15) is 0 Å². The summed E-state index contributed by atoms with van der Waals surface area (Å²) in [6.45, 7) is 3.24. The molecule has 3 rings (SSSR count). The topological polar surface area (TPSA) is 3.24 Å². The first-order valence-electron chi connectivity index (χ1n) is 7.47. The Morgan fingerprint density at radius 1 is 0.810 bits per heavy atom. The van der Waals surface area contributed by atoms with Gasteiger partial charge < -0.3 is 0 Å². The molecule has 1 unspecified atom stereocenters. The lowest BCUT2D eigenvalue weighted by Gasteiger charge is -2.25. The Bertz CT molecular complexity index is 718. The Morgan fingerprint density at radius 3 is 2.24 bits per heavy atom. The average Bonchev–Trinajstić information content (AvgIpc) is 2.54. The van der Waals surface area contributed by atoms with Gasteiger partial charge in [0.1, 0.15) is 0 Å². The largest absolute Gasteiger partial charge is 0.295 e. The van der Waals surface area contributed by atoms with E-state index in [1.165, 1.54) is 21.9 Å². The zero-order valence-corrected chi connectivity index (χ0v) is 12.7. The minimum atomic E-state index is 0.398. The van der Waals surface area contributed by atoms with Gasteiger partial charge in [-0.3, -0.25) is 4.90 Å². The predicted octanol–water partition coefficient (Wildman–Crippen LogP) is 5.03. The minimum Gasteiger partial charge on any atom is -0.295 e. The molecule has 21 heavy (non-hydrogen) atoms. The standard InChI is InChI=1S/C20H21N/c1-16(21(2)15-17-8-4-3-5-9-17)19-13-12-18-10-6-7-11-20(18)14-19/h3-14,16H,15H2,1-2H3. The van der Waals surface area contributed by atoms with Crippen molar-refractivity contribution in [2.24, 2.45) is 0 Å². The van der Waals surface area contributed by atoms with Gasteiger partial charge in [0, 0.05) is 12.6 Å². The van der Waals surface area contributed by atoms with E-state index in [1.54, 1.807) is 0 Å². The van der Waals surface area contributed by atoms with Gasteiger partial charge in [0.2, 0.25) is 0 Å². The van der Waals surface area contributed by atoms with Crippen LogP contribution in [0, 0.1) is 0 Å². The van der Waals surface area contributed by atoms with E-state index in [4.69, 9.17) is 0 Å². The molecule has 0 bridgehead atoms. The van der Waals surface area contributed by atoms with Crippen LogP contribution in [0.15, 0.2) is 72.8 Å². The Kier molecular flexibility index (Phi) is 4.03. The molecule has 0 radical (unpaired) electrons. The minimum absolute atomic E-state index is 0.398. The third-order valence-corrected chi connectivity index (χ3v) is 4.19. The van der Waals surface area contributed by atoms with Crippen LogP contribution in [0.25, 0.3) is 10.8 Å². The second-order valence-corrected chi connectivity index (χ2v) is 5.68. The van der Waals surface area contributed by atoms with Crippen molar-refractivity contribution in [3.8, 4) is 0 Å². The zero-order valence-electron chi connectivity index (χ0n) is 12.7. The van der Waals surface area contributed by atoms with Crippen LogP contribution in [-0.4, -0.2) is 11.9 Å². The fraction of sp³-hybridized carbons (Fsp3) is 0.200. The van der Waals surface area contributed by atoms with Crippen molar-refractivity contribution in [3.63, 3.8) is 0 Å². The molecule has 0 saturated heterocycles. The summed E-state index contributed by atoms with van der Waals surface area (Å²) in [5.41, 5.74) is 2.72. The fourth-order valence-corrected chi connectivity index (χ4v) is 2.73. The van der Waals surface area contributed by atoms with Gasteiger partial charge in [-0.2, -0.15) is 0 Å². The van der Waals surface area contributed by atoms with E-state index in [0.29, 0.717) is 6.04 Å². The number of hydrogen-bond donors (Lipinski definition) is 0. The quantitative estimate of drug-likeness (QED) is 0.645. The maximum Gasteiger partial charge on any atom is 0.0320 e. The van der Waals surface area contributed by atoms with Crippen molar-refractivity contribution in [1.29, 1.82) is 0 Å². The van der Waals surface area contributed by atoms with Crippen molar-refractivity contribution >= 4 is 10.8 Å². The predicted molar refractivity (Wildman–Crippen MR) is 90.3 cm³/mol. The monoisotopic (exact) mass is 275 g/mol. The average molecular weight is 275 g/mol. The molecule has 0 heterocycles. The number of benzene rings is 3. The maximum atomic E-state index is 2.39. The molecule has 0 spiro atoms. The lowest BCUT2D eigenvalue weighted by Crippen LogP contribution is -2.21. The molecule has 0 N–H and O–H groups in total. The van der Waals surface area contributed by atoms with Crippen LogP contribution in [0.2, 0.25) is 0 Å². The molecule has 0 aromatic heterocycles. The highest BCUT2D eigenvalue weighted by atomic mass is 15.1. The summed E-state index contributed by atoms with van der Waals surface area (Å²) in [4.78, 5) is 2.39. The lowest BCUT2D eigenvalue weighted by atomic mass is 10.0. The van der Waals surface area contributed by atoms with Gasteiger partial charge >= 0.3 is 0 Å². The highest BCUT2D eigenvalue weighted by molar-refractivity contribution is 5.83. The number of rotatable bonds is 4. The molecular formula is C20H21N. The Hall–Kier alpha value is -2.12. The lowest BCUT2D eigenvalue weighted by molar-refractivity contribution is 0.253. The van der Waals surface area contributed by atoms with Crippen LogP contribution in [-0.2, 0) is 6.54 Å². The smallest absolute Gasteiger partial charge is 0.0320 e. The fourth-order valence-electron chi connectivity index (χ4n) is 2.73. The Balaban J connectivity index is 1.80. The van der Waals surface area contributed by atoms with Gasteiger partial charge in [0.05, 0.1) is 0 Å². The third kappa shape index (κ3) is 3.14. The number of nitrogens with zero attached hydrogens (tertiary/aromatic N) is 1. The van der Waals surface area contributed by atoms with E-state index in [1.807, 2.05) is 0 Å². The molecule has 1 heteroatoms. The zero-order chi connectivity index (χ0) is 14.7. The van der Waals surface area contributed by atoms with Gasteiger partial charge in [-0.1, -0.05) is 66.7 Å². The Labute approximate surface area is 126 Å². The van der Waals surface area contributed by atoms with Crippen molar-refractivity contribution in [2.75, 3.05) is 7.05 Å². The summed E-state index contributed by atoms with van der Waals surface area (Å²) in [7, 11) is 2.19. The summed E-state index contributed by atoms with van der Waals surface area (Å²) in [5, 5.41) is 2.62. The van der Waals surface area contributed by atoms with Crippen LogP contribution in [0.3, 0.4) is 0 Å². The summed E-state index contributed by atoms with van der Waals surface area (Å²) in [6.07, 6.45) is 0. The van der Waals surface area contributed by atoms with Crippen LogP contribution in [0.4, 0.5) is 0 Å². The van der Waals surface area contributed by atoms with Crippen molar-refractivity contribution in [3.05, 3.63) is 83.9 Å². The number of hydrogen-bond acceptors (Lipinski definition) is 1. The van der Waals surface area contributed by atoms with Gasteiger partial charge in [0.25, 0.3) is 0 Å². The highest BCUT2D eigenvalue weighted by Gasteiger charge is 2.12. The molecule has 106 valence electrons. The van der Waals surface area contributed by atoms with Gasteiger partial charge in [-0.15, -0.1) is 0 Å². The van der Waals surface area contributed by atoms with E-state index in [2.05, 4.69) is 91.7 Å². The molecule has 1 nitrogen and oxygen atoms in total. The molecule has 0 saturated carbocycles. The summed E-state index contributed by atoms with van der Waals surface area (Å²) >= 11 is 0. The van der Waals surface area contributed by atoms with Crippen molar-refractivity contribution in [2.45, 2.75) is 19.5 Å². The van der Waals surface area contributed by atoms with Crippen molar-refractivity contribution in [1.82, 2.24) is 4.90 Å². The molecule has 3 aromatic carbocycles. The summed E-state index contributed by atoms with van der Waals surface area (Å²) in [5.74, 6) is 0. The molecule has 0 aliphatic carbocycles. The third-order valence-electron chi connectivity index (χ3n) is 4.19. The van der Waals surface area contributed by atoms with Crippen LogP contribution in [0.5, 0.6) is 0 Å². The first-order chi connectivity index (χ1) is 10.2. The first kappa shape index (κ1) is 13.8. The summed E-state index contributed by atoms with van der Waals surface area (Å²) in [6, 6.07) is 26.3. The second kappa shape index (κ2) is 6.11. The molecular weight excluding hydrogens is 254 g/mol. The van der Waals surface area contributed by atoms with Crippen LogP contribution < -0.4 is 0 Å². The first-order valence-corrected chi connectivity index (χ1v) is 7.47. The molecule has 0 fully saturated rings. The van der Waals surface area contributed by atoms with Crippen LogP contribution >= 0.6 is 0 Å². The van der Waals surface area contributed by atoms with E-state index >= 15 is 0 Å². The molecule has 0 aliphatic rings. The van der Waals surface area contributed by atoms with E-state index in [0.717, 1.165) is 6.54 Å². The van der Waals surface area contributed by atoms with Crippen LogP contribution in [0.1, 0.15) is 24.1 Å². The molecule has 3 aromatic rings.